The van der Waals surface area contributed by atoms with Crippen LogP contribution in [0.1, 0.15) is 0 Å². The zero-order chi connectivity index (χ0) is 23.1. The minimum atomic E-state index is -3.60. The first kappa shape index (κ1) is 23.8. The number of morpholine rings is 1. The van der Waals surface area contributed by atoms with Crippen LogP contribution in [0.15, 0.2) is 53.4 Å². The number of rotatable bonds is 8. The zero-order valence-electron chi connectivity index (χ0n) is 17.6. The maximum absolute atomic E-state index is 13.2. The Morgan fingerprint density at radius 1 is 1.00 bits per heavy atom. The van der Waals surface area contributed by atoms with E-state index in [-0.39, 0.29) is 29.8 Å². The number of hydrogen-bond donors (Lipinski definition) is 2. The van der Waals surface area contributed by atoms with Gasteiger partial charge in [0, 0.05) is 24.5 Å². The number of likely N-dealkylation sites (N-methyl/N-ethyl adjacent to an activating group) is 1. The number of nitrogens with one attached hydrogen (secondary N) is 2. The highest BCUT2D eigenvalue weighted by Gasteiger charge is 2.26. The largest absolute Gasteiger partial charge is 0.379 e. The summed E-state index contributed by atoms with van der Waals surface area (Å²) in [7, 11) is -2.00. The third-order valence-corrected chi connectivity index (χ3v) is 6.59. The fourth-order valence-corrected chi connectivity index (χ4v) is 4.57. The average molecular weight is 465 g/mol. The first-order chi connectivity index (χ1) is 15.2. The summed E-state index contributed by atoms with van der Waals surface area (Å²) in [5, 5.41) is 5.23. The molecule has 0 aliphatic carbocycles. The van der Waals surface area contributed by atoms with Crippen LogP contribution in [0.4, 0.5) is 15.8 Å². The quantitative estimate of drug-likeness (QED) is 0.611. The predicted molar refractivity (Wildman–Crippen MR) is 117 cm³/mol. The number of sulfonamides is 1. The summed E-state index contributed by atoms with van der Waals surface area (Å²) in [6.45, 7) is 1.20. The van der Waals surface area contributed by atoms with Crippen molar-refractivity contribution in [3.63, 3.8) is 0 Å². The summed E-state index contributed by atoms with van der Waals surface area (Å²) in [6.07, 6.45) is 0. The molecule has 0 spiro atoms. The SMILES string of the molecule is CN(CC(=O)Nc1ccc(S(=O)(=O)N2CCOCC2)cc1)CC(=O)Nc1cccc(F)c1. The number of benzene rings is 2. The smallest absolute Gasteiger partial charge is 0.243 e. The van der Waals surface area contributed by atoms with Crippen LogP contribution in [0, 0.1) is 5.82 Å². The van der Waals surface area contributed by atoms with Crippen molar-refractivity contribution in [3.05, 3.63) is 54.3 Å². The van der Waals surface area contributed by atoms with Crippen LogP contribution in [0.25, 0.3) is 0 Å². The number of carbonyl (C=O) groups excluding carboxylic acids is 2. The second-order valence-electron chi connectivity index (χ2n) is 7.32. The molecule has 32 heavy (non-hydrogen) atoms. The van der Waals surface area contributed by atoms with Crippen LogP contribution in [0.5, 0.6) is 0 Å². The Bertz CT molecular complexity index is 1060. The van der Waals surface area contributed by atoms with Gasteiger partial charge in [0.15, 0.2) is 0 Å². The first-order valence-corrected chi connectivity index (χ1v) is 11.4. The molecule has 3 rings (SSSR count). The summed E-state index contributed by atoms with van der Waals surface area (Å²) in [5.41, 5.74) is 0.772. The van der Waals surface area contributed by atoms with Gasteiger partial charge >= 0.3 is 0 Å². The Balaban J connectivity index is 1.49. The minimum absolute atomic E-state index is 0.0651. The summed E-state index contributed by atoms with van der Waals surface area (Å²) >= 11 is 0. The number of halogens is 1. The molecule has 1 fully saturated rings. The molecule has 1 aliphatic rings. The molecule has 0 aromatic heterocycles. The Morgan fingerprint density at radius 3 is 2.19 bits per heavy atom. The van der Waals surface area contributed by atoms with Crippen molar-refractivity contribution in [1.82, 2.24) is 9.21 Å². The number of hydrogen-bond acceptors (Lipinski definition) is 6. The first-order valence-electron chi connectivity index (χ1n) is 9.96. The van der Waals surface area contributed by atoms with Gasteiger partial charge in [-0.2, -0.15) is 4.31 Å². The van der Waals surface area contributed by atoms with E-state index in [1.165, 1.54) is 51.7 Å². The fraction of sp³-hybridized carbons (Fsp3) is 0.333. The minimum Gasteiger partial charge on any atom is -0.379 e. The molecule has 9 nitrogen and oxygen atoms in total. The van der Waals surface area contributed by atoms with Crippen molar-refractivity contribution in [3.8, 4) is 0 Å². The van der Waals surface area contributed by atoms with E-state index >= 15 is 0 Å². The molecule has 2 amide bonds. The molecule has 2 aromatic carbocycles. The summed E-state index contributed by atoms with van der Waals surface area (Å²) in [4.78, 5) is 26.0. The zero-order valence-corrected chi connectivity index (χ0v) is 18.4. The van der Waals surface area contributed by atoms with Crippen molar-refractivity contribution in [1.29, 1.82) is 0 Å². The highest BCUT2D eigenvalue weighted by Crippen LogP contribution is 2.19. The van der Waals surface area contributed by atoms with E-state index in [1.54, 1.807) is 13.1 Å². The third kappa shape index (κ3) is 6.57. The normalized spacial score (nSPS) is 14.8. The fourth-order valence-electron chi connectivity index (χ4n) is 3.16. The Labute approximate surface area is 186 Å². The topological polar surface area (TPSA) is 108 Å². The number of amides is 2. The van der Waals surface area contributed by atoms with Gasteiger partial charge in [-0.3, -0.25) is 14.5 Å². The van der Waals surface area contributed by atoms with E-state index in [2.05, 4.69) is 10.6 Å². The van der Waals surface area contributed by atoms with Gasteiger partial charge in [-0.25, -0.2) is 12.8 Å². The van der Waals surface area contributed by atoms with E-state index in [1.807, 2.05) is 0 Å². The lowest BCUT2D eigenvalue weighted by Crippen LogP contribution is -2.40. The van der Waals surface area contributed by atoms with E-state index in [0.29, 0.717) is 37.7 Å². The Morgan fingerprint density at radius 2 is 1.59 bits per heavy atom. The molecular formula is C21H25FN4O5S. The molecule has 1 aliphatic heterocycles. The maximum Gasteiger partial charge on any atom is 0.243 e. The van der Waals surface area contributed by atoms with E-state index in [0.717, 1.165) is 0 Å². The van der Waals surface area contributed by atoms with Crippen molar-refractivity contribution in [2.75, 3.05) is 57.1 Å². The molecule has 0 radical (unpaired) electrons. The van der Waals surface area contributed by atoms with Crippen LogP contribution in [0.2, 0.25) is 0 Å². The highest BCUT2D eigenvalue weighted by molar-refractivity contribution is 7.89. The molecule has 11 heteroatoms. The predicted octanol–water partition coefficient (Wildman–Crippen LogP) is 1.36. The van der Waals surface area contributed by atoms with Gasteiger partial charge in [0.2, 0.25) is 21.8 Å². The summed E-state index contributed by atoms with van der Waals surface area (Å²) < 4.78 is 45.0. The second-order valence-corrected chi connectivity index (χ2v) is 9.26. The Kier molecular flexibility index (Phi) is 7.91. The molecule has 1 saturated heterocycles. The summed E-state index contributed by atoms with van der Waals surface area (Å²) in [5.74, 6) is -1.21. The molecule has 0 unspecified atom stereocenters. The average Bonchev–Trinajstić information content (AvgIpc) is 2.74. The third-order valence-electron chi connectivity index (χ3n) is 4.68. The standard InChI is InChI=1S/C21H25FN4O5S/c1-25(15-21(28)24-18-4-2-3-16(22)13-18)14-20(27)23-17-5-7-19(8-6-17)32(29,30)26-9-11-31-12-10-26/h2-8,13H,9-12,14-15H2,1H3,(H,23,27)(H,24,28). The maximum atomic E-state index is 13.2. The van der Waals surface area contributed by atoms with Crippen molar-refractivity contribution >= 4 is 33.2 Å². The number of nitrogens with zero attached hydrogens (tertiary/aromatic N) is 2. The van der Waals surface area contributed by atoms with Crippen molar-refractivity contribution < 1.29 is 27.1 Å². The van der Waals surface area contributed by atoms with Gasteiger partial charge in [-0.1, -0.05) is 6.07 Å². The van der Waals surface area contributed by atoms with Gasteiger partial charge in [-0.05, 0) is 49.5 Å². The number of carbonyl (C=O) groups is 2. The molecule has 0 bridgehead atoms. The van der Waals surface area contributed by atoms with Crippen LogP contribution in [-0.4, -0.2) is 75.9 Å². The van der Waals surface area contributed by atoms with Crippen LogP contribution < -0.4 is 10.6 Å². The van der Waals surface area contributed by atoms with Crippen LogP contribution >= 0.6 is 0 Å². The lowest BCUT2D eigenvalue weighted by Gasteiger charge is -2.26. The molecule has 2 aromatic rings. The van der Waals surface area contributed by atoms with E-state index in [4.69, 9.17) is 4.74 Å². The van der Waals surface area contributed by atoms with Gasteiger partial charge in [0.25, 0.3) is 0 Å². The number of anilines is 2. The van der Waals surface area contributed by atoms with E-state index < -0.39 is 15.8 Å². The molecule has 2 N–H and O–H groups in total. The monoisotopic (exact) mass is 464 g/mol. The number of ether oxygens (including phenoxy) is 1. The molecule has 0 saturated carbocycles. The lowest BCUT2D eigenvalue weighted by atomic mass is 10.3. The van der Waals surface area contributed by atoms with Crippen molar-refractivity contribution in [2.24, 2.45) is 0 Å². The van der Waals surface area contributed by atoms with Crippen LogP contribution in [0.3, 0.4) is 0 Å². The highest BCUT2D eigenvalue weighted by atomic mass is 32.2. The van der Waals surface area contributed by atoms with Gasteiger partial charge in [-0.15, -0.1) is 0 Å². The molecule has 1 heterocycles. The lowest BCUT2D eigenvalue weighted by molar-refractivity contribution is -0.119. The van der Waals surface area contributed by atoms with Gasteiger partial charge in [0.05, 0.1) is 31.2 Å². The summed E-state index contributed by atoms with van der Waals surface area (Å²) in [6, 6.07) is 11.4. The van der Waals surface area contributed by atoms with Gasteiger partial charge in [0.1, 0.15) is 5.82 Å². The van der Waals surface area contributed by atoms with Crippen molar-refractivity contribution in [2.45, 2.75) is 4.90 Å². The molecule has 172 valence electrons. The molecular weight excluding hydrogens is 439 g/mol. The van der Waals surface area contributed by atoms with Crippen LogP contribution in [-0.2, 0) is 24.3 Å². The Hall–Kier alpha value is -2.86. The van der Waals surface area contributed by atoms with Gasteiger partial charge < -0.3 is 15.4 Å². The van der Waals surface area contributed by atoms with E-state index in [9.17, 15) is 22.4 Å². The second kappa shape index (κ2) is 10.6. The molecule has 0 atom stereocenters.